The summed E-state index contributed by atoms with van der Waals surface area (Å²) in [5.74, 6) is 0. The van der Waals surface area contributed by atoms with Crippen molar-refractivity contribution >= 4 is 31.2 Å². The van der Waals surface area contributed by atoms with E-state index in [0.717, 1.165) is 0 Å². The van der Waals surface area contributed by atoms with Crippen molar-refractivity contribution in [2.45, 2.75) is 0 Å². The molecule has 0 unspecified atom stereocenters. The van der Waals surface area contributed by atoms with Crippen LogP contribution in [0.3, 0.4) is 0 Å². The minimum atomic E-state index is -5.31. The third-order valence-corrected chi connectivity index (χ3v) is 0.750. The molecule has 1 radical (unpaired) electrons. The van der Waals surface area contributed by atoms with Crippen LogP contribution in [0, 0.1) is 0 Å². The van der Waals surface area contributed by atoms with Crippen LogP contribution in [-0.4, -0.2) is 43.5 Å². The van der Waals surface area contributed by atoms with Gasteiger partial charge in [-0.15, -0.1) is 8.67 Å². The summed E-state index contributed by atoms with van der Waals surface area (Å²) in [6.07, 6.45) is 0. The first kappa shape index (κ1) is 32.2. The molecule has 0 aromatic rings. The van der Waals surface area contributed by atoms with E-state index >= 15 is 0 Å². The summed E-state index contributed by atoms with van der Waals surface area (Å²) < 4.78 is 95.5. The predicted molar refractivity (Wildman–Crippen MR) is 32.0 cm³/mol. The average Bonchev–Trinajstić information content (AvgIpc) is 1.76. The van der Waals surface area contributed by atoms with E-state index < -0.39 is 31.2 Å². The Labute approximate surface area is 157 Å². The van der Waals surface area contributed by atoms with Crippen LogP contribution in [0.4, 0.5) is 0 Å². The second-order valence-corrected chi connectivity index (χ2v) is 4.08. The van der Waals surface area contributed by atoms with Crippen molar-refractivity contribution in [2.24, 2.45) is 0 Å². The third kappa shape index (κ3) is 63.8. The molecule has 0 amide bonds. The van der Waals surface area contributed by atoms with Gasteiger partial charge in [0.1, 0.15) is 0 Å². The van der Waals surface area contributed by atoms with Crippen LogP contribution in [0.5, 0.6) is 0 Å². The molecule has 12 nitrogen and oxygen atoms in total. The van der Waals surface area contributed by atoms with Crippen molar-refractivity contribution in [3.8, 4) is 0 Å². The van der Waals surface area contributed by atoms with Crippen LogP contribution >= 0.6 is 0 Å². The Morgan fingerprint density at radius 3 is 0.778 bits per heavy atom. The molecular weight excluding hydrogens is 398 g/mol. The summed E-state index contributed by atoms with van der Waals surface area (Å²) >= 11 is 0. The minimum Gasteiger partial charge on any atom is -0.759 e. The summed E-state index contributed by atoms with van der Waals surface area (Å²) in [5, 5.41) is 0. The van der Waals surface area contributed by atoms with Crippen molar-refractivity contribution in [3.05, 3.63) is 0 Å². The van der Waals surface area contributed by atoms with Crippen molar-refractivity contribution < 1.29 is 128 Å². The maximum Gasteiger partial charge on any atom is 2.00 e. The van der Waals surface area contributed by atoms with E-state index in [9.17, 15) is 25.9 Å². The quantitative estimate of drug-likeness (QED) is 0.143. The molecule has 18 heteroatoms. The Balaban J connectivity index is -0.0000000621. The van der Waals surface area contributed by atoms with Gasteiger partial charge in [0.25, 0.3) is 0 Å². The SMILES string of the molecule is O=S(=O)([O-])OOS(=O)(=O)[O-].O=S(=O)([O-])[O-].[Cu+2].[Na+].[Na+]. The molecule has 0 rings (SSSR count). The summed E-state index contributed by atoms with van der Waals surface area (Å²) in [4.78, 5) is 0. The Morgan fingerprint density at radius 1 is 0.611 bits per heavy atom. The fraction of sp³-hybridized carbons (Fsp3) is 0. The topological polar surface area (TPSA) is 213 Å². The maximum atomic E-state index is 9.37. The molecular formula is CuNa2O12S3. The van der Waals surface area contributed by atoms with Gasteiger partial charge in [-0.2, -0.15) is 0 Å². The van der Waals surface area contributed by atoms with Crippen LogP contribution in [0.15, 0.2) is 0 Å². The summed E-state index contributed by atoms with van der Waals surface area (Å²) in [6, 6.07) is 0. The Kier molecular flexibility index (Phi) is 23.0. The zero-order chi connectivity index (χ0) is 12.9. The van der Waals surface area contributed by atoms with Crippen LogP contribution in [0.2, 0.25) is 0 Å². The van der Waals surface area contributed by atoms with E-state index in [0.29, 0.717) is 0 Å². The molecule has 0 spiro atoms. The van der Waals surface area contributed by atoms with Gasteiger partial charge >= 0.3 is 76.2 Å². The van der Waals surface area contributed by atoms with E-state index in [-0.39, 0.29) is 76.2 Å². The maximum absolute atomic E-state index is 9.37. The van der Waals surface area contributed by atoms with Crippen molar-refractivity contribution in [2.75, 3.05) is 0 Å². The van der Waals surface area contributed by atoms with E-state index in [1.54, 1.807) is 0 Å². The second-order valence-electron chi connectivity index (χ2n) is 1.36. The number of hydrogen-bond donors (Lipinski definition) is 0. The van der Waals surface area contributed by atoms with Crippen LogP contribution in [0.25, 0.3) is 0 Å². The second kappa shape index (κ2) is 12.8. The molecule has 0 fully saturated rings. The summed E-state index contributed by atoms with van der Waals surface area (Å²) in [7, 11) is -15.8. The molecule has 0 aliphatic heterocycles. The molecule has 0 bridgehead atoms. The number of hydrogen-bond acceptors (Lipinski definition) is 12. The Hall–Kier alpha value is 2.13. The average molecular weight is 398 g/mol. The van der Waals surface area contributed by atoms with E-state index in [4.69, 9.17) is 17.5 Å². The van der Waals surface area contributed by atoms with Gasteiger partial charge in [-0.1, -0.05) is 0 Å². The Morgan fingerprint density at radius 2 is 0.722 bits per heavy atom. The zero-order valence-corrected chi connectivity index (χ0v) is 15.8. The first-order valence-corrected chi connectivity index (χ1v) is 6.17. The fourth-order valence-electron chi connectivity index (χ4n) is 0.0680. The van der Waals surface area contributed by atoms with E-state index in [2.05, 4.69) is 8.67 Å². The number of rotatable bonds is 3. The van der Waals surface area contributed by atoms with Crippen molar-refractivity contribution in [1.82, 2.24) is 0 Å². The van der Waals surface area contributed by atoms with Gasteiger partial charge in [0.2, 0.25) is 20.8 Å². The van der Waals surface area contributed by atoms with Gasteiger partial charge in [0.15, 0.2) is 0 Å². The molecule has 0 aromatic heterocycles. The van der Waals surface area contributed by atoms with E-state index in [1.807, 2.05) is 0 Å². The van der Waals surface area contributed by atoms with Gasteiger partial charge in [-0.25, -0.2) is 16.8 Å². The van der Waals surface area contributed by atoms with Crippen LogP contribution < -0.4 is 59.1 Å². The molecule has 0 saturated carbocycles. The molecule has 0 atom stereocenters. The molecule has 0 saturated heterocycles. The zero-order valence-electron chi connectivity index (χ0n) is 8.43. The third-order valence-electron chi connectivity index (χ3n) is 0.194. The van der Waals surface area contributed by atoms with Crippen molar-refractivity contribution in [1.29, 1.82) is 0 Å². The normalized spacial score (nSPS) is 10.7. The molecule has 18 heavy (non-hydrogen) atoms. The molecule has 103 valence electrons. The van der Waals surface area contributed by atoms with Gasteiger partial charge in [0.05, 0.1) is 0 Å². The van der Waals surface area contributed by atoms with Gasteiger partial charge in [0, 0.05) is 10.4 Å². The molecule has 0 N–H and O–H groups in total. The van der Waals surface area contributed by atoms with Gasteiger partial charge < -0.3 is 18.2 Å². The van der Waals surface area contributed by atoms with Crippen LogP contribution in [-0.2, 0) is 56.9 Å². The minimum absolute atomic E-state index is 0. The smallest absolute Gasteiger partial charge is 0.759 e. The molecule has 0 aliphatic carbocycles. The van der Waals surface area contributed by atoms with Gasteiger partial charge in [-0.05, 0) is 0 Å². The molecule has 0 aromatic carbocycles. The van der Waals surface area contributed by atoms with E-state index in [1.165, 1.54) is 0 Å². The Bertz CT molecular complexity index is 429. The van der Waals surface area contributed by atoms with Crippen molar-refractivity contribution in [3.63, 3.8) is 0 Å². The first-order valence-electron chi connectivity index (χ1n) is 2.17. The molecule has 0 aliphatic rings. The summed E-state index contributed by atoms with van der Waals surface area (Å²) in [6.45, 7) is 0. The largest absolute Gasteiger partial charge is 2.00 e. The summed E-state index contributed by atoms with van der Waals surface area (Å²) in [5.41, 5.74) is 0. The molecule has 0 heterocycles. The standard InChI is InChI=1S/Cu.2Na.H2O8S2.H2O4S/c;;;1-9(2,3)7-8-10(4,5)6;1-5(2,3)4/h;;;(H,1,2,3)(H,4,5,6);(H2,1,2,3,4)/q+2;2*+1;;/p-4. The monoisotopic (exact) mass is 397 g/mol. The predicted octanol–water partition coefficient (Wildman–Crippen LogP) is -9.48. The first-order chi connectivity index (χ1) is 6.21. The van der Waals surface area contributed by atoms with Crippen LogP contribution in [0.1, 0.15) is 0 Å². The fourth-order valence-corrected chi connectivity index (χ4v) is 0.612. The van der Waals surface area contributed by atoms with Gasteiger partial charge in [-0.3, -0.25) is 8.42 Å².